The largest absolute Gasteiger partial charge is 0.444 e. The summed E-state index contributed by atoms with van der Waals surface area (Å²) in [6.07, 6.45) is 14.0. The zero-order valence-corrected chi connectivity index (χ0v) is 20.5. The Kier molecular flexibility index (Phi) is 15.5. The summed E-state index contributed by atoms with van der Waals surface area (Å²) in [6, 6.07) is 0. The summed E-state index contributed by atoms with van der Waals surface area (Å²) >= 11 is 0. The molecule has 0 aliphatic rings. The van der Waals surface area contributed by atoms with E-state index in [-0.39, 0.29) is 12.2 Å². The molecule has 0 unspecified atom stereocenters. The molecule has 0 heterocycles. The van der Waals surface area contributed by atoms with E-state index in [2.05, 4.69) is 10.6 Å². The number of nitrogens with one attached hydrogen (secondary N) is 2. The first-order valence-electron chi connectivity index (χ1n) is 11.9. The van der Waals surface area contributed by atoms with Gasteiger partial charge in [0.25, 0.3) is 0 Å². The molecule has 2 amide bonds. The van der Waals surface area contributed by atoms with Crippen LogP contribution in [0.1, 0.15) is 119 Å². The molecule has 30 heavy (non-hydrogen) atoms. The van der Waals surface area contributed by atoms with Gasteiger partial charge in [0.15, 0.2) is 0 Å². The third-order valence-corrected chi connectivity index (χ3v) is 4.44. The average molecular weight is 429 g/mol. The molecule has 0 aliphatic carbocycles. The van der Waals surface area contributed by atoms with Crippen LogP contribution in [0.2, 0.25) is 0 Å². The van der Waals surface area contributed by atoms with Gasteiger partial charge in [-0.2, -0.15) is 0 Å². The van der Waals surface area contributed by atoms with Crippen molar-refractivity contribution in [1.82, 2.24) is 10.6 Å². The maximum Gasteiger partial charge on any atom is 0.407 e. The van der Waals surface area contributed by atoms with Gasteiger partial charge in [-0.15, -0.1) is 0 Å². The molecule has 0 aliphatic heterocycles. The molecule has 0 bridgehead atoms. The summed E-state index contributed by atoms with van der Waals surface area (Å²) in [7, 11) is 0. The summed E-state index contributed by atoms with van der Waals surface area (Å²) in [5.74, 6) is 0. The number of ether oxygens (including phenoxy) is 2. The van der Waals surface area contributed by atoms with Crippen molar-refractivity contribution in [3.63, 3.8) is 0 Å². The number of rotatable bonds is 15. The second-order valence-electron chi connectivity index (χ2n) is 10.1. The molecule has 178 valence electrons. The fourth-order valence-corrected chi connectivity index (χ4v) is 3.03. The number of amides is 2. The quantitative estimate of drug-likeness (QED) is 0.284. The highest BCUT2D eigenvalue weighted by atomic mass is 16.6. The number of unbranched alkanes of at least 4 members (excludes halogenated alkanes) is 11. The third kappa shape index (κ3) is 22.8. The number of carbonyl (C=O) groups is 2. The van der Waals surface area contributed by atoms with Crippen molar-refractivity contribution < 1.29 is 19.1 Å². The van der Waals surface area contributed by atoms with Crippen LogP contribution in [0.4, 0.5) is 9.59 Å². The predicted octanol–water partition coefficient (Wildman–Crippen LogP) is 6.72. The van der Waals surface area contributed by atoms with E-state index >= 15 is 0 Å². The smallest absolute Gasteiger partial charge is 0.407 e. The van der Waals surface area contributed by atoms with Crippen molar-refractivity contribution in [3.8, 4) is 0 Å². The summed E-state index contributed by atoms with van der Waals surface area (Å²) in [5, 5.41) is 5.62. The van der Waals surface area contributed by atoms with E-state index in [1.807, 2.05) is 41.5 Å². The van der Waals surface area contributed by atoms with E-state index in [4.69, 9.17) is 9.47 Å². The van der Waals surface area contributed by atoms with Crippen LogP contribution in [-0.2, 0) is 9.47 Å². The highest BCUT2D eigenvalue weighted by molar-refractivity contribution is 5.67. The van der Waals surface area contributed by atoms with E-state index < -0.39 is 11.2 Å². The summed E-state index contributed by atoms with van der Waals surface area (Å²) < 4.78 is 10.4. The molecule has 0 radical (unpaired) electrons. The molecule has 0 rings (SSSR count). The van der Waals surface area contributed by atoms with Crippen molar-refractivity contribution in [3.05, 3.63) is 0 Å². The van der Waals surface area contributed by atoms with Gasteiger partial charge in [0, 0.05) is 13.1 Å². The minimum atomic E-state index is -0.428. The first-order chi connectivity index (χ1) is 14.0. The van der Waals surface area contributed by atoms with Crippen molar-refractivity contribution in [2.45, 2.75) is 130 Å². The maximum atomic E-state index is 11.5. The lowest BCUT2D eigenvalue weighted by Crippen LogP contribution is -2.33. The highest BCUT2D eigenvalue weighted by Crippen LogP contribution is 2.12. The van der Waals surface area contributed by atoms with Gasteiger partial charge in [-0.1, -0.05) is 64.2 Å². The number of hydrogen-bond donors (Lipinski definition) is 2. The molecule has 2 N–H and O–H groups in total. The fourth-order valence-electron chi connectivity index (χ4n) is 3.03. The molecule has 0 saturated carbocycles. The van der Waals surface area contributed by atoms with Crippen LogP contribution in [0.3, 0.4) is 0 Å². The SMILES string of the molecule is CC(C)(C)OC(=O)NCCCCCCCCCCCCCCNC(=O)OC(C)(C)C. The normalized spacial score (nSPS) is 11.8. The van der Waals surface area contributed by atoms with Crippen molar-refractivity contribution >= 4 is 12.2 Å². The lowest BCUT2D eigenvalue weighted by molar-refractivity contribution is 0.0515. The Balaban J connectivity index is 3.25. The Bertz CT molecular complexity index is 411. The van der Waals surface area contributed by atoms with Gasteiger partial charge in [0.05, 0.1) is 0 Å². The molecule has 0 atom stereocenters. The first kappa shape index (κ1) is 28.5. The summed E-state index contributed by atoms with van der Waals surface area (Å²) in [5.41, 5.74) is -0.855. The molecule has 0 spiro atoms. The van der Waals surface area contributed by atoms with E-state index in [0.29, 0.717) is 13.1 Å². The number of hydrogen-bond acceptors (Lipinski definition) is 4. The molecular weight excluding hydrogens is 380 g/mol. The monoisotopic (exact) mass is 428 g/mol. The standard InChI is InChI=1S/C24H48N2O4/c1-23(2,3)29-21(27)25-19-17-15-13-11-9-7-8-10-12-14-16-18-20-26-22(28)30-24(4,5)6/h7-20H2,1-6H3,(H,25,27)(H,26,28). The number of carbonyl (C=O) groups excluding carboxylic acids is 2. The van der Waals surface area contributed by atoms with Crippen LogP contribution in [0.25, 0.3) is 0 Å². The van der Waals surface area contributed by atoms with Gasteiger partial charge in [0.2, 0.25) is 0 Å². The van der Waals surface area contributed by atoms with Crippen LogP contribution >= 0.6 is 0 Å². The van der Waals surface area contributed by atoms with Crippen LogP contribution in [0, 0.1) is 0 Å². The molecule has 0 aromatic heterocycles. The fraction of sp³-hybridized carbons (Fsp3) is 0.917. The Morgan fingerprint density at radius 2 is 0.733 bits per heavy atom. The second kappa shape index (κ2) is 16.3. The van der Waals surface area contributed by atoms with Gasteiger partial charge in [-0.25, -0.2) is 9.59 Å². The second-order valence-corrected chi connectivity index (χ2v) is 10.1. The van der Waals surface area contributed by atoms with Crippen LogP contribution in [0.15, 0.2) is 0 Å². The zero-order valence-electron chi connectivity index (χ0n) is 20.5. The number of alkyl carbamates (subject to hydrolysis) is 2. The maximum absolute atomic E-state index is 11.5. The van der Waals surface area contributed by atoms with Gasteiger partial charge in [-0.3, -0.25) is 0 Å². The van der Waals surface area contributed by atoms with Crippen molar-refractivity contribution in [1.29, 1.82) is 0 Å². The summed E-state index contributed by atoms with van der Waals surface area (Å²) in [4.78, 5) is 23.0. The lowest BCUT2D eigenvalue weighted by Gasteiger charge is -2.19. The molecule has 0 aromatic rings. The molecule has 0 aromatic carbocycles. The minimum Gasteiger partial charge on any atom is -0.444 e. The van der Waals surface area contributed by atoms with Crippen LogP contribution < -0.4 is 10.6 Å². The zero-order chi connectivity index (χ0) is 22.9. The van der Waals surface area contributed by atoms with E-state index in [0.717, 1.165) is 25.7 Å². The Morgan fingerprint density at radius 3 is 0.967 bits per heavy atom. The van der Waals surface area contributed by atoms with Crippen molar-refractivity contribution in [2.75, 3.05) is 13.1 Å². The third-order valence-electron chi connectivity index (χ3n) is 4.44. The molecule has 0 fully saturated rings. The Morgan fingerprint density at radius 1 is 0.500 bits per heavy atom. The molecular formula is C24H48N2O4. The predicted molar refractivity (Wildman–Crippen MR) is 124 cm³/mol. The Labute approximate surface area is 185 Å². The van der Waals surface area contributed by atoms with Gasteiger partial charge >= 0.3 is 12.2 Å². The van der Waals surface area contributed by atoms with Crippen LogP contribution in [-0.4, -0.2) is 36.5 Å². The van der Waals surface area contributed by atoms with Crippen molar-refractivity contribution in [2.24, 2.45) is 0 Å². The molecule has 6 nitrogen and oxygen atoms in total. The van der Waals surface area contributed by atoms with Gasteiger partial charge in [-0.05, 0) is 54.4 Å². The topological polar surface area (TPSA) is 76.7 Å². The van der Waals surface area contributed by atoms with Gasteiger partial charge in [0.1, 0.15) is 11.2 Å². The minimum absolute atomic E-state index is 0.318. The van der Waals surface area contributed by atoms with E-state index in [1.165, 1.54) is 51.4 Å². The van der Waals surface area contributed by atoms with Crippen LogP contribution in [0.5, 0.6) is 0 Å². The average Bonchev–Trinajstić information content (AvgIpc) is 2.58. The lowest BCUT2D eigenvalue weighted by atomic mass is 10.1. The van der Waals surface area contributed by atoms with E-state index in [9.17, 15) is 9.59 Å². The molecule has 0 saturated heterocycles. The van der Waals surface area contributed by atoms with E-state index in [1.54, 1.807) is 0 Å². The summed E-state index contributed by atoms with van der Waals surface area (Å²) in [6.45, 7) is 12.6. The molecule has 6 heteroatoms. The Hall–Kier alpha value is -1.46. The van der Waals surface area contributed by atoms with Gasteiger partial charge < -0.3 is 20.1 Å². The first-order valence-corrected chi connectivity index (χ1v) is 11.9. The highest BCUT2D eigenvalue weighted by Gasteiger charge is 2.16.